The van der Waals surface area contributed by atoms with Crippen LogP contribution in [0.5, 0.6) is 0 Å². The lowest BCUT2D eigenvalue weighted by atomic mass is 9.91. The smallest absolute Gasteiger partial charge is 0.0408 e. The molecule has 0 radical (unpaired) electrons. The van der Waals surface area contributed by atoms with Crippen molar-refractivity contribution in [2.75, 3.05) is 13.6 Å². The molecule has 20 heavy (non-hydrogen) atoms. The third-order valence-corrected chi connectivity index (χ3v) is 3.92. The summed E-state index contributed by atoms with van der Waals surface area (Å²) in [5.41, 5.74) is 4.07. The highest BCUT2D eigenvalue weighted by Gasteiger charge is 2.12. The SMILES string of the molecule is CCc1ccc(CC(CNC)c2cccc(Cl)c2)cc1. The van der Waals surface area contributed by atoms with E-state index in [-0.39, 0.29) is 0 Å². The number of likely N-dealkylation sites (N-methyl/N-ethyl adjacent to an activating group) is 1. The van der Waals surface area contributed by atoms with Gasteiger partial charge in [-0.1, -0.05) is 54.9 Å². The van der Waals surface area contributed by atoms with Gasteiger partial charge in [-0.2, -0.15) is 0 Å². The molecule has 0 saturated carbocycles. The molecule has 2 heteroatoms. The van der Waals surface area contributed by atoms with Crippen molar-refractivity contribution in [3.63, 3.8) is 0 Å². The predicted octanol–water partition coefficient (Wildman–Crippen LogP) is 4.45. The molecule has 0 aromatic heterocycles. The number of nitrogens with one attached hydrogen (secondary N) is 1. The highest BCUT2D eigenvalue weighted by molar-refractivity contribution is 6.30. The van der Waals surface area contributed by atoms with Crippen molar-refractivity contribution in [3.8, 4) is 0 Å². The van der Waals surface area contributed by atoms with Crippen molar-refractivity contribution >= 4 is 11.6 Å². The van der Waals surface area contributed by atoms with Gasteiger partial charge in [-0.05, 0) is 48.7 Å². The molecule has 0 aliphatic rings. The summed E-state index contributed by atoms with van der Waals surface area (Å²) >= 11 is 6.11. The van der Waals surface area contributed by atoms with E-state index < -0.39 is 0 Å². The number of hydrogen-bond donors (Lipinski definition) is 1. The second-order valence-electron chi connectivity index (χ2n) is 5.18. The Morgan fingerprint density at radius 3 is 2.35 bits per heavy atom. The number of benzene rings is 2. The van der Waals surface area contributed by atoms with E-state index >= 15 is 0 Å². The second-order valence-corrected chi connectivity index (χ2v) is 5.62. The standard InChI is InChI=1S/C18H22ClN/c1-3-14-7-9-15(10-8-14)11-17(13-20-2)16-5-4-6-18(19)12-16/h4-10,12,17,20H,3,11,13H2,1-2H3. The van der Waals surface area contributed by atoms with Crippen LogP contribution >= 0.6 is 11.6 Å². The van der Waals surface area contributed by atoms with E-state index in [9.17, 15) is 0 Å². The van der Waals surface area contributed by atoms with Crippen LogP contribution in [0, 0.1) is 0 Å². The predicted molar refractivity (Wildman–Crippen MR) is 87.6 cm³/mol. The minimum Gasteiger partial charge on any atom is -0.319 e. The number of halogens is 1. The normalized spacial score (nSPS) is 12.3. The van der Waals surface area contributed by atoms with Crippen molar-refractivity contribution in [1.82, 2.24) is 5.32 Å². The van der Waals surface area contributed by atoms with Gasteiger partial charge in [0.25, 0.3) is 0 Å². The monoisotopic (exact) mass is 287 g/mol. The van der Waals surface area contributed by atoms with Crippen LogP contribution in [0.15, 0.2) is 48.5 Å². The van der Waals surface area contributed by atoms with Gasteiger partial charge in [0.1, 0.15) is 0 Å². The summed E-state index contributed by atoms with van der Waals surface area (Å²) in [6.45, 7) is 3.14. The van der Waals surface area contributed by atoms with Gasteiger partial charge in [-0.3, -0.25) is 0 Å². The van der Waals surface area contributed by atoms with Crippen molar-refractivity contribution in [2.45, 2.75) is 25.7 Å². The molecule has 0 bridgehead atoms. The van der Waals surface area contributed by atoms with Crippen LogP contribution in [0.25, 0.3) is 0 Å². The average Bonchev–Trinajstić information content (AvgIpc) is 2.47. The fourth-order valence-electron chi connectivity index (χ4n) is 2.51. The van der Waals surface area contributed by atoms with Gasteiger partial charge in [0.05, 0.1) is 0 Å². The average molecular weight is 288 g/mol. The first-order valence-electron chi connectivity index (χ1n) is 7.20. The zero-order valence-corrected chi connectivity index (χ0v) is 13.0. The molecule has 1 unspecified atom stereocenters. The molecule has 1 nitrogen and oxygen atoms in total. The van der Waals surface area contributed by atoms with E-state index in [1.807, 2.05) is 19.2 Å². The molecular weight excluding hydrogens is 266 g/mol. The molecule has 0 aliphatic carbocycles. The maximum Gasteiger partial charge on any atom is 0.0408 e. The van der Waals surface area contributed by atoms with Gasteiger partial charge >= 0.3 is 0 Å². The number of hydrogen-bond acceptors (Lipinski definition) is 1. The van der Waals surface area contributed by atoms with E-state index in [0.717, 1.165) is 24.4 Å². The van der Waals surface area contributed by atoms with Gasteiger partial charge in [0, 0.05) is 17.5 Å². The molecule has 0 heterocycles. The van der Waals surface area contributed by atoms with Gasteiger partial charge in [-0.25, -0.2) is 0 Å². The summed E-state index contributed by atoms with van der Waals surface area (Å²) in [5, 5.41) is 4.10. The van der Waals surface area contributed by atoms with Crippen LogP contribution in [0.3, 0.4) is 0 Å². The van der Waals surface area contributed by atoms with E-state index in [1.165, 1.54) is 16.7 Å². The third-order valence-electron chi connectivity index (χ3n) is 3.68. The lowest BCUT2D eigenvalue weighted by Gasteiger charge is -2.17. The summed E-state index contributed by atoms with van der Waals surface area (Å²) in [5.74, 6) is 0.450. The van der Waals surface area contributed by atoms with E-state index in [1.54, 1.807) is 0 Å². The van der Waals surface area contributed by atoms with Crippen LogP contribution in [-0.4, -0.2) is 13.6 Å². The highest BCUT2D eigenvalue weighted by Crippen LogP contribution is 2.23. The molecule has 106 valence electrons. The van der Waals surface area contributed by atoms with Crippen LogP contribution in [0.2, 0.25) is 5.02 Å². The molecule has 2 aromatic rings. The molecule has 0 fully saturated rings. The van der Waals surface area contributed by atoms with Crippen LogP contribution in [0.1, 0.15) is 29.5 Å². The molecule has 1 N–H and O–H groups in total. The topological polar surface area (TPSA) is 12.0 Å². The Morgan fingerprint density at radius 2 is 1.75 bits per heavy atom. The van der Waals surface area contributed by atoms with Gasteiger partial charge in [-0.15, -0.1) is 0 Å². The summed E-state index contributed by atoms with van der Waals surface area (Å²) in [7, 11) is 2.00. The van der Waals surface area contributed by atoms with E-state index in [4.69, 9.17) is 11.6 Å². The first-order valence-corrected chi connectivity index (χ1v) is 7.58. The molecular formula is C18H22ClN. The van der Waals surface area contributed by atoms with Gasteiger partial charge in [0.15, 0.2) is 0 Å². The number of aryl methyl sites for hydroxylation is 1. The summed E-state index contributed by atoms with van der Waals surface area (Å²) in [6, 6.07) is 17.1. The molecule has 2 rings (SSSR count). The molecule has 0 amide bonds. The third kappa shape index (κ3) is 4.09. The Balaban J connectivity index is 2.16. The Hall–Kier alpha value is -1.31. The van der Waals surface area contributed by atoms with Gasteiger partial charge in [0.2, 0.25) is 0 Å². The Bertz CT molecular complexity index is 533. The molecule has 0 saturated heterocycles. The fraction of sp³-hybridized carbons (Fsp3) is 0.333. The Labute approximate surface area is 127 Å². The maximum atomic E-state index is 6.11. The lowest BCUT2D eigenvalue weighted by Crippen LogP contribution is -2.19. The fourth-order valence-corrected chi connectivity index (χ4v) is 2.71. The largest absolute Gasteiger partial charge is 0.319 e. The molecule has 2 aromatic carbocycles. The maximum absolute atomic E-state index is 6.11. The second kappa shape index (κ2) is 7.47. The minimum atomic E-state index is 0.450. The van der Waals surface area contributed by atoms with E-state index in [0.29, 0.717) is 5.92 Å². The Kier molecular flexibility index (Phi) is 5.63. The van der Waals surface area contributed by atoms with Crippen molar-refractivity contribution < 1.29 is 0 Å². The van der Waals surface area contributed by atoms with Crippen LogP contribution in [-0.2, 0) is 12.8 Å². The quantitative estimate of drug-likeness (QED) is 0.828. The highest BCUT2D eigenvalue weighted by atomic mass is 35.5. The zero-order valence-electron chi connectivity index (χ0n) is 12.2. The first-order chi connectivity index (χ1) is 9.72. The molecule has 0 spiro atoms. The first kappa shape index (κ1) is 15.1. The van der Waals surface area contributed by atoms with Crippen molar-refractivity contribution in [2.24, 2.45) is 0 Å². The molecule has 0 aliphatic heterocycles. The van der Waals surface area contributed by atoms with Crippen molar-refractivity contribution in [3.05, 3.63) is 70.2 Å². The van der Waals surface area contributed by atoms with Crippen LogP contribution in [0.4, 0.5) is 0 Å². The van der Waals surface area contributed by atoms with E-state index in [2.05, 4.69) is 48.6 Å². The summed E-state index contributed by atoms with van der Waals surface area (Å²) in [6.07, 6.45) is 2.12. The van der Waals surface area contributed by atoms with Crippen molar-refractivity contribution in [1.29, 1.82) is 0 Å². The van der Waals surface area contributed by atoms with Crippen LogP contribution < -0.4 is 5.32 Å². The number of rotatable bonds is 6. The summed E-state index contributed by atoms with van der Waals surface area (Å²) < 4.78 is 0. The zero-order chi connectivity index (χ0) is 14.4. The Morgan fingerprint density at radius 1 is 1.05 bits per heavy atom. The van der Waals surface area contributed by atoms with Gasteiger partial charge < -0.3 is 5.32 Å². The molecule has 1 atom stereocenters. The lowest BCUT2D eigenvalue weighted by molar-refractivity contribution is 0.626. The summed E-state index contributed by atoms with van der Waals surface area (Å²) in [4.78, 5) is 0. The minimum absolute atomic E-state index is 0.450.